The number of nitrogens with zero attached hydrogens (tertiary/aromatic N) is 4. The van der Waals surface area contributed by atoms with Crippen LogP contribution in [-0.2, 0) is 12.8 Å². The highest BCUT2D eigenvalue weighted by molar-refractivity contribution is 9.11. The minimum absolute atomic E-state index is 0.193. The van der Waals surface area contributed by atoms with Gasteiger partial charge in [0.1, 0.15) is 0 Å². The van der Waals surface area contributed by atoms with Crippen molar-refractivity contribution in [1.82, 2.24) is 19.6 Å². The molecule has 5 nitrogen and oxygen atoms in total. The van der Waals surface area contributed by atoms with Gasteiger partial charge in [-0.2, -0.15) is 0 Å². The zero-order valence-electron chi connectivity index (χ0n) is 18.9. The Kier molecular flexibility index (Phi) is 9.00. The summed E-state index contributed by atoms with van der Waals surface area (Å²) in [5.41, 5.74) is 2.36. The molecule has 0 N–H and O–H groups in total. The molecule has 2 saturated heterocycles. The van der Waals surface area contributed by atoms with Gasteiger partial charge in [0.05, 0.1) is 17.3 Å². The molecule has 0 saturated carbocycles. The predicted octanol–water partition coefficient (Wildman–Crippen LogP) is 4.15. The van der Waals surface area contributed by atoms with Crippen molar-refractivity contribution in [3.63, 3.8) is 0 Å². The zero-order chi connectivity index (χ0) is 22.7. The van der Waals surface area contributed by atoms with Crippen LogP contribution in [0, 0.1) is 0 Å². The highest BCUT2D eigenvalue weighted by atomic mass is 79.9. The lowest BCUT2D eigenvalue weighted by molar-refractivity contribution is 0.104. The highest BCUT2D eigenvalue weighted by Gasteiger charge is 2.24. The maximum absolute atomic E-state index is 13.6. The summed E-state index contributed by atoms with van der Waals surface area (Å²) in [6.07, 6.45) is 1.85. The van der Waals surface area contributed by atoms with Crippen molar-refractivity contribution in [1.29, 1.82) is 0 Å². The topological polar surface area (TPSA) is 30.0 Å². The van der Waals surface area contributed by atoms with Crippen LogP contribution in [0.4, 0.5) is 0 Å². The van der Waals surface area contributed by atoms with E-state index in [-0.39, 0.29) is 5.78 Å². The van der Waals surface area contributed by atoms with Crippen LogP contribution in [0.25, 0.3) is 0 Å². The van der Waals surface area contributed by atoms with Crippen LogP contribution in [-0.4, -0.2) is 105 Å². The Morgan fingerprint density at radius 3 is 1.50 bits per heavy atom. The third kappa shape index (κ3) is 6.50. The average molecular weight is 604 g/mol. The summed E-state index contributed by atoms with van der Waals surface area (Å²) in [5, 5.41) is 0. The molecule has 0 radical (unpaired) electrons. The van der Waals surface area contributed by atoms with Gasteiger partial charge in [0.2, 0.25) is 5.78 Å². The fraction of sp³-hybridized carbons (Fsp3) is 0.609. The van der Waals surface area contributed by atoms with Gasteiger partial charge in [-0.1, -0.05) is 0 Å². The molecule has 0 aliphatic carbocycles. The predicted molar refractivity (Wildman–Crippen MR) is 143 cm³/mol. The first kappa shape index (κ1) is 25.0. The summed E-state index contributed by atoms with van der Waals surface area (Å²) < 4.78 is 2.09. The van der Waals surface area contributed by atoms with Crippen molar-refractivity contribution in [2.75, 3.05) is 79.5 Å². The van der Waals surface area contributed by atoms with Crippen molar-refractivity contribution < 1.29 is 4.79 Å². The van der Waals surface area contributed by atoms with Gasteiger partial charge in [0.15, 0.2) is 0 Å². The first-order chi connectivity index (χ1) is 15.4. The summed E-state index contributed by atoms with van der Waals surface area (Å²) in [7, 11) is 4.37. The highest BCUT2D eigenvalue weighted by Crippen LogP contribution is 2.35. The van der Waals surface area contributed by atoms with Crippen molar-refractivity contribution in [3.05, 3.63) is 40.6 Å². The van der Waals surface area contributed by atoms with E-state index in [0.29, 0.717) is 0 Å². The molecule has 0 atom stereocenters. The Bertz CT molecular complexity index is 843. The lowest BCUT2D eigenvalue weighted by Crippen LogP contribution is -2.45. The minimum Gasteiger partial charge on any atom is -0.304 e. The molecule has 2 aromatic heterocycles. The maximum Gasteiger partial charge on any atom is 0.213 e. The molecule has 0 aromatic carbocycles. The van der Waals surface area contributed by atoms with Crippen molar-refractivity contribution in [2.24, 2.45) is 0 Å². The number of halogens is 2. The first-order valence-electron chi connectivity index (χ1n) is 11.3. The van der Waals surface area contributed by atoms with Crippen LogP contribution < -0.4 is 0 Å². The van der Waals surface area contributed by atoms with Gasteiger partial charge in [0.25, 0.3) is 0 Å². The van der Waals surface area contributed by atoms with E-state index in [0.717, 1.165) is 95.6 Å². The lowest BCUT2D eigenvalue weighted by atomic mass is 10.1. The SMILES string of the molecule is CN1CCN(CCc2cc(Br)sc2C(=O)c2sc(Br)cc2CCN2CCN(C)CC2)CC1. The molecule has 4 heterocycles. The Hall–Kier alpha value is -0.130. The van der Waals surface area contributed by atoms with Crippen LogP contribution >= 0.6 is 54.5 Å². The molecule has 2 aliphatic heterocycles. The molecule has 2 aliphatic rings. The van der Waals surface area contributed by atoms with E-state index >= 15 is 0 Å². The fourth-order valence-electron chi connectivity index (χ4n) is 4.35. The largest absolute Gasteiger partial charge is 0.304 e. The maximum atomic E-state index is 13.6. The second kappa shape index (κ2) is 11.5. The number of carbonyl (C=O) groups is 1. The number of carbonyl (C=O) groups excluding carboxylic acids is 1. The molecule has 4 rings (SSSR count). The second-order valence-electron chi connectivity index (χ2n) is 8.93. The lowest BCUT2D eigenvalue weighted by Gasteiger charge is -2.32. The number of hydrogen-bond donors (Lipinski definition) is 0. The van der Waals surface area contributed by atoms with Gasteiger partial charge < -0.3 is 19.6 Å². The van der Waals surface area contributed by atoms with Crippen molar-refractivity contribution in [2.45, 2.75) is 12.8 Å². The van der Waals surface area contributed by atoms with Crippen LogP contribution in [0.15, 0.2) is 19.7 Å². The molecule has 9 heteroatoms. The molecule has 32 heavy (non-hydrogen) atoms. The van der Waals surface area contributed by atoms with Crippen molar-refractivity contribution in [3.8, 4) is 0 Å². The molecule has 0 unspecified atom stereocenters. The van der Waals surface area contributed by atoms with E-state index < -0.39 is 0 Å². The number of rotatable bonds is 8. The Morgan fingerprint density at radius 1 is 0.750 bits per heavy atom. The van der Waals surface area contributed by atoms with Crippen molar-refractivity contribution >= 4 is 60.3 Å². The third-order valence-electron chi connectivity index (χ3n) is 6.56. The normalized spacial score (nSPS) is 19.6. The van der Waals surface area contributed by atoms with E-state index in [4.69, 9.17) is 0 Å². The average Bonchev–Trinajstić information content (AvgIpc) is 3.34. The van der Waals surface area contributed by atoms with E-state index in [9.17, 15) is 4.79 Å². The van der Waals surface area contributed by atoms with Gasteiger partial charge >= 0.3 is 0 Å². The Balaban J connectivity index is 1.43. The molecule has 0 bridgehead atoms. The molecular formula is C23H32Br2N4OS2. The minimum atomic E-state index is 0.193. The standard InChI is InChI=1S/C23H32Br2N4OS2/c1-26-7-11-28(12-8-26)5-3-17-15-19(24)31-22(17)21(30)23-18(16-20(25)32-23)4-6-29-13-9-27(2)10-14-29/h15-16H,3-14H2,1-2H3. The first-order valence-corrected chi connectivity index (χ1v) is 14.5. The quantitative estimate of drug-likeness (QED) is 0.423. The van der Waals surface area contributed by atoms with Gasteiger partial charge in [-0.05, 0) is 82.1 Å². The Morgan fingerprint density at radius 2 is 1.12 bits per heavy atom. The molecule has 0 spiro atoms. The van der Waals surface area contributed by atoms with Crippen LogP contribution in [0.3, 0.4) is 0 Å². The summed E-state index contributed by atoms with van der Waals surface area (Å²) in [5.74, 6) is 0.193. The van der Waals surface area contributed by atoms with E-state index in [1.807, 2.05) is 0 Å². The van der Waals surface area contributed by atoms with E-state index in [1.165, 1.54) is 11.1 Å². The smallest absolute Gasteiger partial charge is 0.213 e. The monoisotopic (exact) mass is 602 g/mol. The summed E-state index contributed by atoms with van der Waals surface area (Å²) in [4.78, 5) is 25.2. The number of thiophene rings is 2. The van der Waals surface area contributed by atoms with E-state index in [2.05, 4.69) is 77.7 Å². The number of ketones is 1. The second-order valence-corrected chi connectivity index (χ2v) is 13.8. The van der Waals surface area contributed by atoms with Crippen LogP contribution in [0.5, 0.6) is 0 Å². The molecular weight excluding hydrogens is 572 g/mol. The zero-order valence-corrected chi connectivity index (χ0v) is 23.7. The van der Waals surface area contributed by atoms with Crippen LogP contribution in [0.2, 0.25) is 0 Å². The van der Waals surface area contributed by atoms with Crippen LogP contribution in [0.1, 0.15) is 25.7 Å². The molecule has 0 amide bonds. The van der Waals surface area contributed by atoms with Gasteiger partial charge in [-0.25, -0.2) is 0 Å². The van der Waals surface area contributed by atoms with Gasteiger partial charge in [-0.15, -0.1) is 22.7 Å². The number of piperazine rings is 2. The summed E-state index contributed by atoms with van der Waals surface area (Å²) in [6, 6.07) is 4.31. The molecule has 2 aromatic rings. The Labute approximate surface area is 216 Å². The van der Waals surface area contributed by atoms with E-state index in [1.54, 1.807) is 22.7 Å². The third-order valence-corrected chi connectivity index (χ3v) is 9.92. The number of likely N-dealkylation sites (N-methyl/N-ethyl adjacent to an activating group) is 2. The number of hydrogen-bond acceptors (Lipinski definition) is 7. The summed E-state index contributed by atoms with van der Waals surface area (Å²) in [6.45, 7) is 11.0. The molecule has 176 valence electrons. The van der Waals surface area contributed by atoms with Gasteiger partial charge in [-0.3, -0.25) is 4.79 Å². The van der Waals surface area contributed by atoms with Gasteiger partial charge in [0, 0.05) is 65.4 Å². The fourth-order valence-corrected chi connectivity index (χ4v) is 7.70. The molecule has 2 fully saturated rings. The summed E-state index contributed by atoms with van der Waals surface area (Å²) >= 11 is 10.4.